The van der Waals surface area contributed by atoms with Crippen LogP contribution in [0.2, 0.25) is 0 Å². The van der Waals surface area contributed by atoms with E-state index in [0.29, 0.717) is 16.4 Å². The van der Waals surface area contributed by atoms with Gasteiger partial charge in [-0.15, -0.1) is 0 Å². The van der Waals surface area contributed by atoms with Crippen LogP contribution >= 0.6 is 15.9 Å². The lowest BCUT2D eigenvalue weighted by molar-refractivity contribution is 0.355. The summed E-state index contributed by atoms with van der Waals surface area (Å²) < 4.78 is 13.8. The lowest BCUT2D eigenvalue weighted by Crippen LogP contribution is -2.39. The van der Waals surface area contributed by atoms with Crippen LogP contribution in [0, 0.1) is 17.7 Å². The Kier molecular flexibility index (Phi) is 3.47. The number of aromatic nitrogens is 1. The highest BCUT2D eigenvalue weighted by atomic mass is 79.9. The molecule has 0 saturated carbocycles. The first kappa shape index (κ1) is 11.8. The zero-order valence-electron chi connectivity index (χ0n) is 9.58. The van der Waals surface area contributed by atoms with Crippen molar-refractivity contribution in [3.63, 3.8) is 0 Å². The predicted molar refractivity (Wildman–Crippen MR) is 67.1 cm³/mol. The molecular weight excluding hydrogens is 271 g/mol. The molecule has 4 heteroatoms. The average molecular weight is 287 g/mol. The number of nitrogens with zero attached hydrogens (tertiary/aromatic N) is 2. The Bertz CT molecular complexity index is 353. The third kappa shape index (κ3) is 2.73. The monoisotopic (exact) mass is 286 g/mol. The number of halogens is 2. The summed E-state index contributed by atoms with van der Waals surface area (Å²) in [6.45, 7) is 6.40. The van der Waals surface area contributed by atoms with Gasteiger partial charge in [-0.3, -0.25) is 0 Å². The van der Waals surface area contributed by atoms with E-state index in [9.17, 15) is 4.39 Å². The van der Waals surface area contributed by atoms with Gasteiger partial charge in [0.05, 0.1) is 0 Å². The van der Waals surface area contributed by atoms with Gasteiger partial charge in [-0.1, -0.05) is 13.8 Å². The van der Waals surface area contributed by atoms with Gasteiger partial charge in [-0.05, 0) is 34.2 Å². The molecule has 2 heterocycles. The molecule has 1 saturated heterocycles. The Morgan fingerprint density at radius 3 is 2.50 bits per heavy atom. The first-order valence-corrected chi connectivity index (χ1v) is 6.42. The summed E-state index contributed by atoms with van der Waals surface area (Å²) >= 11 is 3.23. The molecular formula is C12H16BrFN2. The number of piperidine rings is 1. The second-order valence-corrected chi connectivity index (χ2v) is 5.63. The van der Waals surface area contributed by atoms with Crippen LogP contribution < -0.4 is 4.90 Å². The Morgan fingerprint density at radius 2 is 1.94 bits per heavy atom. The van der Waals surface area contributed by atoms with Gasteiger partial charge in [-0.25, -0.2) is 9.37 Å². The minimum Gasteiger partial charge on any atom is -0.356 e. The minimum absolute atomic E-state index is 0.234. The van der Waals surface area contributed by atoms with E-state index in [-0.39, 0.29) is 5.82 Å². The van der Waals surface area contributed by atoms with Crippen molar-refractivity contribution in [3.05, 3.63) is 22.6 Å². The number of anilines is 1. The van der Waals surface area contributed by atoms with Gasteiger partial charge in [0, 0.05) is 25.2 Å². The molecule has 0 spiro atoms. The molecule has 0 N–H and O–H groups in total. The van der Waals surface area contributed by atoms with Gasteiger partial charge in [0.2, 0.25) is 0 Å². The van der Waals surface area contributed by atoms with E-state index in [0.717, 1.165) is 18.9 Å². The SMILES string of the molecule is C[C@@H]1C[C@H](C)CN(c2cc(F)cc(Br)n2)C1. The van der Waals surface area contributed by atoms with Crippen molar-refractivity contribution in [1.29, 1.82) is 0 Å². The van der Waals surface area contributed by atoms with Crippen LogP contribution in [0.15, 0.2) is 16.7 Å². The van der Waals surface area contributed by atoms with E-state index in [2.05, 4.69) is 39.7 Å². The molecule has 0 aromatic carbocycles. The van der Waals surface area contributed by atoms with Crippen molar-refractivity contribution in [3.8, 4) is 0 Å². The topological polar surface area (TPSA) is 16.1 Å². The zero-order valence-corrected chi connectivity index (χ0v) is 11.2. The van der Waals surface area contributed by atoms with E-state index in [1.165, 1.54) is 18.6 Å². The molecule has 1 aromatic heterocycles. The maximum Gasteiger partial charge on any atom is 0.132 e. The van der Waals surface area contributed by atoms with Gasteiger partial charge in [-0.2, -0.15) is 0 Å². The Balaban J connectivity index is 2.22. The first-order valence-electron chi connectivity index (χ1n) is 5.62. The number of pyridine rings is 1. The van der Waals surface area contributed by atoms with Crippen LogP contribution in [0.3, 0.4) is 0 Å². The van der Waals surface area contributed by atoms with Crippen molar-refractivity contribution < 1.29 is 4.39 Å². The van der Waals surface area contributed by atoms with Gasteiger partial charge in [0.1, 0.15) is 16.2 Å². The molecule has 1 aliphatic heterocycles. The fourth-order valence-electron chi connectivity index (χ4n) is 2.46. The predicted octanol–water partition coefficient (Wildman–Crippen LogP) is 3.47. The van der Waals surface area contributed by atoms with Gasteiger partial charge < -0.3 is 4.90 Å². The van der Waals surface area contributed by atoms with E-state index in [4.69, 9.17) is 0 Å². The quantitative estimate of drug-likeness (QED) is 0.735. The second-order valence-electron chi connectivity index (χ2n) is 4.82. The third-order valence-electron chi connectivity index (χ3n) is 2.94. The van der Waals surface area contributed by atoms with Crippen molar-refractivity contribution in [2.24, 2.45) is 11.8 Å². The van der Waals surface area contributed by atoms with Crippen LogP contribution in [-0.2, 0) is 0 Å². The summed E-state index contributed by atoms with van der Waals surface area (Å²) in [5, 5.41) is 0. The molecule has 2 atom stereocenters. The van der Waals surface area contributed by atoms with Crippen molar-refractivity contribution >= 4 is 21.7 Å². The van der Waals surface area contributed by atoms with E-state index in [1.807, 2.05) is 0 Å². The van der Waals surface area contributed by atoms with Gasteiger partial charge in [0.15, 0.2) is 0 Å². The number of rotatable bonds is 1. The summed E-state index contributed by atoms with van der Waals surface area (Å²) in [6.07, 6.45) is 1.24. The summed E-state index contributed by atoms with van der Waals surface area (Å²) in [5.41, 5.74) is 0. The third-order valence-corrected chi connectivity index (χ3v) is 3.34. The minimum atomic E-state index is -0.234. The van der Waals surface area contributed by atoms with Crippen molar-refractivity contribution in [1.82, 2.24) is 4.98 Å². The zero-order chi connectivity index (χ0) is 11.7. The van der Waals surface area contributed by atoms with Crippen LogP contribution in [0.5, 0.6) is 0 Å². The molecule has 16 heavy (non-hydrogen) atoms. The van der Waals surface area contributed by atoms with Crippen molar-refractivity contribution in [2.75, 3.05) is 18.0 Å². The van der Waals surface area contributed by atoms with E-state index in [1.54, 1.807) is 0 Å². The summed E-state index contributed by atoms with van der Waals surface area (Å²) in [7, 11) is 0. The lowest BCUT2D eigenvalue weighted by atomic mass is 9.92. The van der Waals surface area contributed by atoms with Crippen LogP contribution in [-0.4, -0.2) is 18.1 Å². The van der Waals surface area contributed by atoms with E-state index >= 15 is 0 Å². The maximum absolute atomic E-state index is 13.3. The first-order chi connectivity index (χ1) is 7.54. The van der Waals surface area contributed by atoms with Crippen LogP contribution in [0.25, 0.3) is 0 Å². The van der Waals surface area contributed by atoms with Crippen LogP contribution in [0.4, 0.5) is 10.2 Å². The highest BCUT2D eigenvalue weighted by Crippen LogP contribution is 2.26. The average Bonchev–Trinajstić information content (AvgIpc) is 2.14. The highest BCUT2D eigenvalue weighted by Gasteiger charge is 2.23. The fraction of sp³-hybridized carbons (Fsp3) is 0.583. The Hall–Kier alpha value is -0.640. The molecule has 88 valence electrons. The fourth-order valence-corrected chi connectivity index (χ4v) is 2.87. The normalized spacial score (nSPS) is 25.9. The summed E-state index contributed by atoms with van der Waals surface area (Å²) in [5.74, 6) is 1.80. The summed E-state index contributed by atoms with van der Waals surface area (Å²) in [6, 6.07) is 2.90. The smallest absolute Gasteiger partial charge is 0.132 e. The molecule has 1 aliphatic rings. The van der Waals surface area contributed by atoms with Crippen molar-refractivity contribution in [2.45, 2.75) is 20.3 Å². The number of hydrogen-bond acceptors (Lipinski definition) is 2. The molecule has 1 aromatic rings. The molecule has 0 amide bonds. The highest BCUT2D eigenvalue weighted by molar-refractivity contribution is 9.10. The second kappa shape index (κ2) is 4.70. The summed E-state index contributed by atoms with van der Waals surface area (Å²) in [4.78, 5) is 6.50. The molecule has 0 aliphatic carbocycles. The van der Waals surface area contributed by atoms with Gasteiger partial charge in [0.25, 0.3) is 0 Å². The van der Waals surface area contributed by atoms with Gasteiger partial charge >= 0.3 is 0 Å². The maximum atomic E-state index is 13.3. The molecule has 1 fully saturated rings. The Labute approximate surface area is 104 Å². The molecule has 0 bridgehead atoms. The molecule has 2 nitrogen and oxygen atoms in total. The molecule has 0 unspecified atom stereocenters. The number of hydrogen-bond donors (Lipinski definition) is 0. The Morgan fingerprint density at radius 1 is 1.31 bits per heavy atom. The van der Waals surface area contributed by atoms with E-state index < -0.39 is 0 Å². The molecule has 2 rings (SSSR count). The standard InChI is InChI=1S/C12H16BrFN2/c1-8-3-9(2)7-16(6-8)12-5-10(14)4-11(13)15-12/h4-5,8-9H,3,6-7H2,1-2H3/t8-,9+. The lowest BCUT2D eigenvalue weighted by Gasteiger charge is -2.35. The largest absolute Gasteiger partial charge is 0.356 e. The molecule has 0 radical (unpaired) electrons. The van der Waals surface area contributed by atoms with Crippen LogP contribution in [0.1, 0.15) is 20.3 Å².